The molecule has 1 N–H and O–H groups in total. The molecule has 0 aliphatic rings. The number of methoxy groups -OCH3 is 1. The number of carbonyl (C=O) groups excluding carboxylic acids is 1. The summed E-state index contributed by atoms with van der Waals surface area (Å²) >= 11 is 0. The quantitative estimate of drug-likeness (QED) is 0.732. The van der Waals surface area contributed by atoms with E-state index in [4.69, 9.17) is 4.74 Å². The van der Waals surface area contributed by atoms with Crippen molar-refractivity contribution >= 4 is 11.6 Å². The first kappa shape index (κ1) is 15.9. The maximum absolute atomic E-state index is 12.1. The Bertz CT molecular complexity index is 913. The SMILES string of the molecule is COCc1ccccc1CNC(=O)Cn1nc2ccccn2c1=O. The van der Waals surface area contributed by atoms with E-state index >= 15 is 0 Å². The highest BCUT2D eigenvalue weighted by Gasteiger charge is 2.10. The fraction of sp³-hybridized carbons (Fsp3) is 0.235. The minimum absolute atomic E-state index is 0.118. The van der Waals surface area contributed by atoms with E-state index in [1.165, 1.54) is 4.40 Å². The summed E-state index contributed by atoms with van der Waals surface area (Å²) in [4.78, 5) is 24.3. The van der Waals surface area contributed by atoms with Crippen LogP contribution in [-0.2, 0) is 29.2 Å². The van der Waals surface area contributed by atoms with Crippen LogP contribution >= 0.6 is 0 Å². The first-order valence-electron chi connectivity index (χ1n) is 7.55. The van der Waals surface area contributed by atoms with E-state index in [9.17, 15) is 9.59 Å². The van der Waals surface area contributed by atoms with Crippen LogP contribution in [0.4, 0.5) is 0 Å². The number of ether oxygens (including phenoxy) is 1. The topological polar surface area (TPSA) is 77.6 Å². The van der Waals surface area contributed by atoms with Gasteiger partial charge in [-0.1, -0.05) is 30.3 Å². The van der Waals surface area contributed by atoms with Gasteiger partial charge in [-0.2, -0.15) is 0 Å². The molecule has 0 saturated carbocycles. The van der Waals surface area contributed by atoms with Gasteiger partial charge in [0.15, 0.2) is 5.65 Å². The molecule has 0 fully saturated rings. The molecule has 0 atom stereocenters. The third kappa shape index (κ3) is 3.36. The lowest BCUT2D eigenvalue weighted by atomic mass is 10.1. The minimum atomic E-state index is -0.333. The molecular weight excluding hydrogens is 308 g/mol. The van der Waals surface area contributed by atoms with E-state index in [-0.39, 0.29) is 18.1 Å². The summed E-state index contributed by atoms with van der Waals surface area (Å²) < 4.78 is 7.71. The van der Waals surface area contributed by atoms with Crippen LogP contribution in [0.2, 0.25) is 0 Å². The van der Waals surface area contributed by atoms with Gasteiger partial charge in [-0.05, 0) is 23.3 Å². The Morgan fingerprint density at radius 3 is 2.67 bits per heavy atom. The number of fused-ring (bicyclic) bond motifs is 1. The molecule has 0 aliphatic heterocycles. The zero-order valence-electron chi connectivity index (χ0n) is 13.3. The van der Waals surface area contributed by atoms with E-state index in [1.807, 2.05) is 24.3 Å². The lowest BCUT2D eigenvalue weighted by molar-refractivity contribution is -0.122. The number of benzene rings is 1. The average Bonchev–Trinajstić information content (AvgIpc) is 2.91. The zero-order chi connectivity index (χ0) is 16.9. The number of aromatic nitrogens is 3. The molecule has 7 nitrogen and oxygen atoms in total. The minimum Gasteiger partial charge on any atom is -0.380 e. The van der Waals surface area contributed by atoms with Crippen LogP contribution in [0, 0.1) is 0 Å². The second kappa shape index (κ2) is 7.10. The van der Waals surface area contributed by atoms with Crippen molar-refractivity contribution in [3.8, 4) is 0 Å². The standard InChI is InChI=1S/C17H18N4O3/c1-24-12-14-7-3-2-6-13(14)10-18-16(22)11-21-17(23)20-9-5-4-8-15(20)19-21/h2-9H,10-12H2,1H3,(H,18,22). The van der Waals surface area contributed by atoms with E-state index in [0.29, 0.717) is 18.8 Å². The van der Waals surface area contributed by atoms with Gasteiger partial charge in [0.05, 0.1) is 6.61 Å². The highest BCUT2D eigenvalue weighted by molar-refractivity contribution is 5.75. The van der Waals surface area contributed by atoms with E-state index < -0.39 is 0 Å². The Labute approximate surface area is 138 Å². The predicted octanol–water partition coefficient (Wildman–Crippen LogP) is 0.959. The summed E-state index contributed by atoms with van der Waals surface area (Å²) in [6.45, 7) is 0.741. The van der Waals surface area contributed by atoms with Gasteiger partial charge in [-0.3, -0.25) is 9.20 Å². The van der Waals surface area contributed by atoms with Crippen LogP contribution in [-0.4, -0.2) is 27.2 Å². The van der Waals surface area contributed by atoms with Gasteiger partial charge in [0.2, 0.25) is 5.91 Å². The maximum atomic E-state index is 12.1. The van der Waals surface area contributed by atoms with Crippen molar-refractivity contribution in [2.24, 2.45) is 0 Å². The van der Waals surface area contributed by atoms with Gasteiger partial charge in [0, 0.05) is 19.9 Å². The average molecular weight is 326 g/mol. The van der Waals surface area contributed by atoms with Gasteiger partial charge in [-0.25, -0.2) is 9.48 Å². The number of nitrogens with one attached hydrogen (secondary N) is 1. The maximum Gasteiger partial charge on any atom is 0.350 e. The molecule has 3 aromatic rings. The van der Waals surface area contributed by atoms with Crippen LogP contribution in [0.15, 0.2) is 53.5 Å². The second-order valence-electron chi connectivity index (χ2n) is 5.35. The Balaban J connectivity index is 1.67. The molecule has 24 heavy (non-hydrogen) atoms. The van der Waals surface area contributed by atoms with Crippen molar-refractivity contribution < 1.29 is 9.53 Å². The number of hydrogen-bond acceptors (Lipinski definition) is 4. The first-order valence-corrected chi connectivity index (χ1v) is 7.55. The third-order valence-electron chi connectivity index (χ3n) is 3.68. The third-order valence-corrected chi connectivity index (χ3v) is 3.68. The lowest BCUT2D eigenvalue weighted by Gasteiger charge is -2.09. The van der Waals surface area contributed by atoms with Crippen molar-refractivity contribution in [3.05, 3.63) is 70.3 Å². The number of amides is 1. The van der Waals surface area contributed by atoms with Crippen LogP contribution in [0.25, 0.3) is 5.65 Å². The molecule has 0 bridgehead atoms. The summed E-state index contributed by atoms with van der Waals surface area (Å²) in [6, 6.07) is 13.0. The molecule has 0 spiro atoms. The molecule has 2 heterocycles. The van der Waals surface area contributed by atoms with Gasteiger partial charge < -0.3 is 10.1 Å². The van der Waals surface area contributed by atoms with Crippen molar-refractivity contribution in [2.75, 3.05) is 7.11 Å². The first-order chi connectivity index (χ1) is 11.7. The highest BCUT2D eigenvalue weighted by atomic mass is 16.5. The van der Waals surface area contributed by atoms with Crippen molar-refractivity contribution in [3.63, 3.8) is 0 Å². The number of hydrogen-bond donors (Lipinski definition) is 1. The fourth-order valence-corrected chi connectivity index (χ4v) is 2.48. The summed E-state index contributed by atoms with van der Waals surface area (Å²) in [5.74, 6) is -0.271. The molecule has 124 valence electrons. The largest absolute Gasteiger partial charge is 0.380 e. The van der Waals surface area contributed by atoms with Crippen LogP contribution in [0.3, 0.4) is 0 Å². The zero-order valence-corrected chi connectivity index (χ0v) is 13.3. The molecule has 0 aliphatic carbocycles. The molecular formula is C17H18N4O3. The Kier molecular flexibility index (Phi) is 4.72. The monoisotopic (exact) mass is 326 g/mol. The van der Waals surface area contributed by atoms with Crippen LogP contribution in [0.5, 0.6) is 0 Å². The molecule has 0 radical (unpaired) electrons. The molecule has 0 unspecified atom stereocenters. The molecule has 3 rings (SSSR count). The van der Waals surface area contributed by atoms with Gasteiger partial charge >= 0.3 is 5.69 Å². The van der Waals surface area contributed by atoms with Crippen LogP contribution in [0.1, 0.15) is 11.1 Å². The normalized spacial score (nSPS) is 10.9. The molecule has 2 aromatic heterocycles. The fourth-order valence-electron chi connectivity index (χ4n) is 2.48. The van der Waals surface area contributed by atoms with Crippen molar-refractivity contribution in [2.45, 2.75) is 19.7 Å². The summed E-state index contributed by atoms with van der Waals surface area (Å²) in [6.07, 6.45) is 1.63. The molecule has 1 amide bonds. The Morgan fingerprint density at radius 1 is 1.17 bits per heavy atom. The summed E-state index contributed by atoms with van der Waals surface area (Å²) in [7, 11) is 1.63. The lowest BCUT2D eigenvalue weighted by Crippen LogP contribution is -2.32. The van der Waals surface area contributed by atoms with Crippen molar-refractivity contribution in [1.82, 2.24) is 19.5 Å². The van der Waals surface area contributed by atoms with E-state index in [2.05, 4.69) is 10.4 Å². The van der Waals surface area contributed by atoms with Gasteiger partial charge in [0.1, 0.15) is 6.54 Å². The van der Waals surface area contributed by atoms with Gasteiger partial charge in [-0.15, -0.1) is 5.10 Å². The summed E-state index contributed by atoms with van der Waals surface area (Å²) in [5, 5.41) is 6.95. The second-order valence-corrected chi connectivity index (χ2v) is 5.35. The number of pyridine rings is 1. The molecule has 7 heteroatoms. The highest BCUT2D eigenvalue weighted by Crippen LogP contribution is 2.09. The number of rotatable bonds is 6. The smallest absolute Gasteiger partial charge is 0.350 e. The predicted molar refractivity (Wildman–Crippen MR) is 88.5 cm³/mol. The van der Waals surface area contributed by atoms with E-state index in [0.717, 1.165) is 15.8 Å². The van der Waals surface area contributed by atoms with Crippen molar-refractivity contribution in [1.29, 1.82) is 0 Å². The Hall–Kier alpha value is -2.93. The van der Waals surface area contributed by atoms with Gasteiger partial charge in [0.25, 0.3) is 0 Å². The molecule has 1 aromatic carbocycles. The van der Waals surface area contributed by atoms with Crippen LogP contribution < -0.4 is 11.0 Å². The molecule has 0 saturated heterocycles. The van der Waals surface area contributed by atoms with E-state index in [1.54, 1.807) is 31.5 Å². The number of carbonyl (C=O) groups is 1. The number of nitrogens with zero attached hydrogens (tertiary/aromatic N) is 3. The Morgan fingerprint density at radius 2 is 1.92 bits per heavy atom. The summed E-state index contributed by atoms with van der Waals surface area (Å²) in [5.41, 5.74) is 2.18.